The molecule has 5 nitrogen and oxygen atoms in total. The third kappa shape index (κ3) is 3.89. The standard InChI is InChI=1S/C19H16F3N3O2/c20-19(21,22)27-16-8-4-13(5-9-16)18(26)25(14-6-7-14)12-15-11-23-17-3-1-2-10-24(15)17/h1-5,8-11,14H,6-7,12H2. The first-order valence-corrected chi connectivity index (χ1v) is 8.48. The van der Waals surface area contributed by atoms with E-state index in [0.717, 1.165) is 36.3 Å². The summed E-state index contributed by atoms with van der Waals surface area (Å²) in [7, 11) is 0. The van der Waals surface area contributed by atoms with Crippen LogP contribution >= 0.6 is 0 Å². The van der Waals surface area contributed by atoms with Crippen LogP contribution in [0.3, 0.4) is 0 Å². The largest absolute Gasteiger partial charge is 0.573 e. The van der Waals surface area contributed by atoms with Crippen molar-refractivity contribution >= 4 is 11.6 Å². The van der Waals surface area contributed by atoms with Gasteiger partial charge < -0.3 is 14.0 Å². The molecule has 1 amide bonds. The van der Waals surface area contributed by atoms with E-state index in [2.05, 4.69) is 9.72 Å². The van der Waals surface area contributed by atoms with Crippen LogP contribution in [-0.2, 0) is 6.54 Å². The zero-order chi connectivity index (χ0) is 19.0. The van der Waals surface area contributed by atoms with Crippen molar-refractivity contribution in [1.29, 1.82) is 0 Å². The van der Waals surface area contributed by atoms with Crippen LogP contribution in [0.1, 0.15) is 28.9 Å². The lowest BCUT2D eigenvalue weighted by Gasteiger charge is -2.22. The second-order valence-corrected chi connectivity index (χ2v) is 6.41. The fourth-order valence-corrected chi connectivity index (χ4v) is 2.99. The Hall–Kier alpha value is -3.03. The Bertz CT molecular complexity index is 962. The minimum atomic E-state index is -4.76. The number of amides is 1. The second kappa shape index (κ2) is 6.61. The maximum atomic E-state index is 12.9. The summed E-state index contributed by atoms with van der Waals surface area (Å²) in [6, 6.07) is 10.8. The van der Waals surface area contributed by atoms with Crippen LogP contribution in [0.2, 0.25) is 0 Å². The first-order chi connectivity index (χ1) is 12.9. The van der Waals surface area contributed by atoms with Crippen LogP contribution in [0.4, 0.5) is 13.2 Å². The number of nitrogens with zero attached hydrogens (tertiary/aromatic N) is 3. The first kappa shape index (κ1) is 17.4. The van der Waals surface area contributed by atoms with Gasteiger partial charge in [-0.05, 0) is 49.2 Å². The molecule has 4 rings (SSSR count). The molecule has 0 radical (unpaired) electrons. The quantitative estimate of drug-likeness (QED) is 0.676. The smallest absolute Gasteiger partial charge is 0.406 e. The number of pyridine rings is 1. The van der Waals surface area contributed by atoms with E-state index in [0.29, 0.717) is 12.1 Å². The summed E-state index contributed by atoms with van der Waals surface area (Å²) in [5.74, 6) is -0.569. The third-order valence-corrected chi connectivity index (χ3v) is 4.41. The Morgan fingerprint density at radius 2 is 1.93 bits per heavy atom. The lowest BCUT2D eigenvalue weighted by Crippen LogP contribution is -2.33. The Labute approximate surface area is 153 Å². The molecule has 1 fully saturated rings. The van der Waals surface area contributed by atoms with Gasteiger partial charge in [-0.2, -0.15) is 0 Å². The molecule has 2 heterocycles. The van der Waals surface area contributed by atoms with E-state index < -0.39 is 6.36 Å². The van der Waals surface area contributed by atoms with Crippen LogP contribution in [0, 0.1) is 0 Å². The maximum Gasteiger partial charge on any atom is 0.573 e. The minimum absolute atomic E-state index is 0.137. The number of halogens is 3. The number of aromatic nitrogens is 2. The lowest BCUT2D eigenvalue weighted by molar-refractivity contribution is -0.274. The number of ether oxygens (including phenoxy) is 1. The summed E-state index contributed by atoms with van der Waals surface area (Å²) in [4.78, 5) is 19.0. The van der Waals surface area contributed by atoms with Gasteiger partial charge in [-0.1, -0.05) is 6.07 Å². The molecule has 3 aromatic rings. The van der Waals surface area contributed by atoms with Crippen molar-refractivity contribution in [3.63, 3.8) is 0 Å². The molecule has 1 aliphatic rings. The zero-order valence-corrected chi connectivity index (χ0v) is 14.2. The van der Waals surface area contributed by atoms with E-state index >= 15 is 0 Å². The van der Waals surface area contributed by atoms with Gasteiger partial charge in [0.15, 0.2) is 0 Å². The van der Waals surface area contributed by atoms with Gasteiger partial charge in [0.2, 0.25) is 0 Å². The van der Waals surface area contributed by atoms with E-state index in [1.54, 1.807) is 11.1 Å². The molecule has 0 saturated heterocycles. The van der Waals surface area contributed by atoms with E-state index in [1.807, 2.05) is 28.8 Å². The van der Waals surface area contributed by atoms with E-state index in [9.17, 15) is 18.0 Å². The van der Waals surface area contributed by atoms with Gasteiger partial charge in [0.05, 0.1) is 18.4 Å². The van der Waals surface area contributed by atoms with Crippen molar-refractivity contribution in [1.82, 2.24) is 14.3 Å². The van der Waals surface area contributed by atoms with Crippen molar-refractivity contribution in [2.75, 3.05) is 0 Å². The predicted molar refractivity (Wildman–Crippen MR) is 91.2 cm³/mol. The van der Waals surface area contributed by atoms with Gasteiger partial charge >= 0.3 is 6.36 Å². The summed E-state index contributed by atoms with van der Waals surface area (Å²) in [5.41, 5.74) is 2.00. The molecule has 1 saturated carbocycles. The molecule has 0 unspecified atom stereocenters. The summed E-state index contributed by atoms with van der Waals surface area (Å²) >= 11 is 0. The molecule has 0 N–H and O–H groups in total. The first-order valence-electron chi connectivity index (χ1n) is 8.48. The van der Waals surface area contributed by atoms with E-state index in [-0.39, 0.29) is 17.7 Å². The zero-order valence-electron chi connectivity index (χ0n) is 14.2. The Morgan fingerprint density at radius 1 is 1.19 bits per heavy atom. The summed E-state index contributed by atoms with van der Waals surface area (Å²) in [6.45, 7) is 0.384. The van der Waals surface area contributed by atoms with Crippen molar-refractivity contribution in [3.05, 3.63) is 66.1 Å². The molecule has 140 valence electrons. The average Bonchev–Trinajstić information content (AvgIpc) is 3.39. The highest BCUT2D eigenvalue weighted by Gasteiger charge is 2.34. The number of hydrogen-bond acceptors (Lipinski definition) is 3. The van der Waals surface area contributed by atoms with Crippen molar-refractivity contribution < 1.29 is 22.7 Å². The minimum Gasteiger partial charge on any atom is -0.406 e. The molecule has 1 aliphatic carbocycles. The van der Waals surface area contributed by atoms with Crippen molar-refractivity contribution in [2.24, 2.45) is 0 Å². The Morgan fingerprint density at radius 3 is 2.59 bits per heavy atom. The number of fused-ring (bicyclic) bond motifs is 1. The molecular formula is C19H16F3N3O2. The van der Waals surface area contributed by atoms with Crippen LogP contribution in [-0.4, -0.2) is 32.6 Å². The summed E-state index contributed by atoms with van der Waals surface area (Å²) in [5, 5.41) is 0. The molecule has 0 spiro atoms. The number of carbonyl (C=O) groups excluding carboxylic acids is 1. The second-order valence-electron chi connectivity index (χ2n) is 6.41. The van der Waals surface area contributed by atoms with Gasteiger partial charge in [0.25, 0.3) is 5.91 Å². The monoisotopic (exact) mass is 375 g/mol. The number of hydrogen-bond donors (Lipinski definition) is 0. The topological polar surface area (TPSA) is 46.8 Å². The number of alkyl halides is 3. The predicted octanol–water partition coefficient (Wildman–Crippen LogP) is 4.04. The lowest BCUT2D eigenvalue weighted by atomic mass is 10.2. The Kier molecular flexibility index (Phi) is 4.25. The number of rotatable bonds is 5. The fourth-order valence-electron chi connectivity index (χ4n) is 2.99. The van der Waals surface area contributed by atoms with Crippen LogP contribution in [0.5, 0.6) is 5.75 Å². The molecule has 0 atom stereocenters. The number of carbonyl (C=O) groups is 1. The van der Waals surface area contributed by atoms with Gasteiger partial charge in [-0.25, -0.2) is 4.98 Å². The molecule has 1 aromatic carbocycles. The fraction of sp³-hybridized carbons (Fsp3) is 0.263. The molecule has 0 aliphatic heterocycles. The molecule has 2 aromatic heterocycles. The number of imidazole rings is 1. The SMILES string of the molecule is O=C(c1ccc(OC(F)(F)F)cc1)N(Cc1cnc2ccccn12)C1CC1. The van der Waals surface area contributed by atoms with Gasteiger partial charge in [0, 0.05) is 17.8 Å². The summed E-state index contributed by atoms with van der Waals surface area (Å²) in [6.07, 6.45) is 0.693. The van der Waals surface area contributed by atoms with E-state index in [4.69, 9.17) is 0 Å². The van der Waals surface area contributed by atoms with Crippen molar-refractivity contribution in [2.45, 2.75) is 31.8 Å². The summed E-state index contributed by atoms with van der Waals surface area (Å²) < 4.78 is 42.6. The highest BCUT2D eigenvalue weighted by atomic mass is 19.4. The van der Waals surface area contributed by atoms with Crippen LogP contribution < -0.4 is 4.74 Å². The van der Waals surface area contributed by atoms with Gasteiger partial charge in [-0.15, -0.1) is 13.2 Å². The van der Waals surface area contributed by atoms with Crippen LogP contribution in [0.25, 0.3) is 5.65 Å². The average molecular weight is 375 g/mol. The maximum absolute atomic E-state index is 12.9. The van der Waals surface area contributed by atoms with E-state index in [1.165, 1.54) is 12.1 Å². The van der Waals surface area contributed by atoms with Gasteiger partial charge in [0.1, 0.15) is 11.4 Å². The highest BCUT2D eigenvalue weighted by molar-refractivity contribution is 5.94. The van der Waals surface area contributed by atoms with Gasteiger partial charge in [-0.3, -0.25) is 4.79 Å². The normalized spacial score (nSPS) is 14.3. The van der Waals surface area contributed by atoms with Crippen LogP contribution in [0.15, 0.2) is 54.9 Å². The molecule has 8 heteroatoms. The third-order valence-electron chi connectivity index (χ3n) is 4.41. The molecular weight excluding hydrogens is 359 g/mol. The molecule has 27 heavy (non-hydrogen) atoms. The molecule has 0 bridgehead atoms. The highest BCUT2D eigenvalue weighted by Crippen LogP contribution is 2.30. The van der Waals surface area contributed by atoms with Crippen molar-refractivity contribution in [3.8, 4) is 5.75 Å². The Balaban J connectivity index is 1.54. The number of benzene rings is 1.